The van der Waals surface area contributed by atoms with E-state index in [1.165, 1.54) is 23.5 Å². The third-order valence-corrected chi connectivity index (χ3v) is 7.63. The summed E-state index contributed by atoms with van der Waals surface area (Å²) in [4.78, 5) is 34.3. The number of thiazole rings is 1. The molecule has 2 aromatic heterocycles. The molecule has 0 saturated heterocycles. The Morgan fingerprint density at radius 1 is 1.10 bits per heavy atom. The van der Waals surface area contributed by atoms with Crippen LogP contribution in [-0.4, -0.2) is 53.9 Å². The first-order chi connectivity index (χ1) is 19.4. The highest BCUT2D eigenvalue weighted by atomic mass is 32.1. The van der Waals surface area contributed by atoms with Gasteiger partial charge in [0.2, 0.25) is 5.43 Å². The molecule has 208 valence electrons. The molecule has 11 heteroatoms. The third kappa shape index (κ3) is 5.61. The average Bonchev–Trinajstić information content (AvgIpc) is 3.42. The van der Waals surface area contributed by atoms with E-state index < -0.39 is 17.1 Å². The van der Waals surface area contributed by atoms with Gasteiger partial charge in [-0.1, -0.05) is 36.4 Å². The largest absolute Gasteiger partial charge is 0.482 e. The first-order valence-electron chi connectivity index (χ1n) is 12.8. The molecule has 0 aliphatic carbocycles. The molecule has 40 heavy (non-hydrogen) atoms. The maximum Gasteiger partial charge on any atom is 0.277 e. The number of aromatic nitrogens is 2. The number of methoxy groups -OCH3 is 1. The van der Waals surface area contributed by atoms with Crippen LogP contribution in [0.1, 0.15) is 33.4 Å². The maximum absolute atomic E-state index is 14.2. The number of carbonyl (C=O) groups is 1. The van der Waals surface area contributed by atoms with Crippen LogP contribution in [0.15, 0.2) is 65.7 Å². The highest BCUT2D eigenvalue weighted by Gasteiger charge is 2.34. The highest BCUT2D eigenvalue weighted by Crippen LogP contribution is 2.30. The van der Waals surface area contributed by atoms with E-state index in [0.29, 0.717) is 41.8 Å². The minimum Gasteiger partial charge on any atom is -0.482 e. The molecule has 1 aliphatic heterocycles. The second kappa shape index (κ2) is 12.0. The first kappa shape index (κ1) is 27.5. The molecular weight excluding hydrogens is 538 g/mol. The van der Waals surface area contributed by atoms with Crippen molar-refractivity contribution < 1.29 is 23.0 Å². The fourth-order valence-electron chi connectivity index (χ4n) is 4.49. The van der Waals surface area contributed by atoms with Gasteiger partial charge in [-0.15, -0.1) is 11.3 Å². The quantitative estimate of drug-likeness (QED) is 0.283. The molecule has 0 saturated carbocycles. The van der Waals surface area contributed by atoms with Crippen LogP contribution in [0.2, 0.25) is 0 Å². The third-order valence-electron chi connectivity index (χ3n) is 6.60. The Hall–Kier alpha value is -4.09. The van der Waals surface area contributed by atoms with Gasteiger partial charge in [0.25, 0.3) is 5.91 Å². The zero-order chi connectivity index (χ0) is 28.2. The number of benzene rings is 2. The minimum absolute atomic E-state index is 0.0618. The topological polar surface area (TPSA) is 76.9 Å². The zero-order valence-corrected chi connectivity index (χ0v) is 22.9. The molecule has 0 unspecified atom stereocenters. The van der Waals surface area contributed by atoms with Crippen molar-refractivity contribution in [2.45, 2.75) is 20.0 Å². The van der Waals surface area contributed by atoms with Crippen LogP contribution >= 0.6 is 11.3 Å². The van der Waals surface area contributed by atoms with E-state index in [2.05, 4.69) is 4.98 Å². The molecular formula is C29H28F2N4O4S. The van der Waals surface area contributed by atoms with Gasteiger partial charge in [0.1, 0.15) is 29.9 Å². The number of halogens is 2. The number of rotatable bonds is 10. The summed E-state index contributed by atoms with van der Waals surface area (Å²) in [6, 6.07) is 12.8. The lowest BCUT2D eigenvalue weighted by Gasteiger charge is -2.39. The van der Waals surface area contributed by atoms with E-state index in [0.717, 1.165) is 11.6 Å². The number of fused-ring (bicyclic) bond motifs is 1. The Labute approximate surface area is 234 Å². The molecule has 0 N–H and O–H groups in total. The highest BCUT2D eigenvalue weighted by molar-refractivity contribution is 7.15. The maximum atomic E-state index is 14.2. The summed E-state index contributed by atoms with van der Waals surface area (Å²) >= 11 is 1.23. The van der Waals surface area contributed by atoms with Crippen LogP contribution in [0.4, 0.5) is 8.78 Å². The molecule has 2 aromatic carbocycles. The van der Waals surface area contributed by atoms with E-state index >= 15 is 0 Å². The van der Waals surface area contributed by atoms with Crippen molar-refractivity contribution in [1.29, 1.82) is 0 Å². The number of pyridine rings is 1. The molecule has 5 rings (SSSR count). The van der Waals surface area contributed by atoms with Crippen molar-refractivity contribution in [1.82, 2.24) is 14.6 Å². The van der Waals surface area contributed by atoms with E-state index in [4.69, 9.17) is 9.47 Å². The summed E-state index contributed by atoms with van der Waals surface area (Å²) in [5, 5.41) is 2.33. The fourth-order valence-corrected chi connectivity index (χ4v) is 5.43. The molecule has 0 radical (unpaired) electrons. The summed E-state index contributed by atoms with van der Waals surface area (Å²) in [7, 11) is 1.57. The van der Waals surface area contributed by atoms with Crippen LogP contribution in [0.25, 0.3) is 10.6 Å². The van der Waals surface area contributed by atoms with Crippen molar-refractivity contribution in [3.8, 4) is 16.3 Å². The van der Waals surface area contributed by atoms with Crippen molar-refractivity contribution in [2.24, 2.45) is 0 Å². The van der Waals surface area contributed by atoms with Crippen molar-refractivity contribution in [3.63, 3.8) is 0 Å². The normalized spacial score (nSPS) is 13.1. The van der Waals surface area contributed by atoms with Crippen molar-refractivity contribution in [2.75, 3.05) is 38.5 Å². The van der Waals surface area contributed by atoms with E-state index in [1.54, 1.807) is 29.1 Å². The van der Waals surface area contributed by atoms with Crippen LogP contribution < -0.4 is 15.2 Å². The molecule has 1 amide bonds. The van der Waals surface area contributed by atoms with Gasteiger partial charge >= 0.3 is 0 Å². The van der Waals surface area contributed by atoms with Gasteiger partial charge in [0, 0.05) is 50.0 Å². The Balaban J connectivity index is 1.57. The molecule has 3 heterocycles. The standard InChI is InChI=1S/C29H28F2N4O4S/c1-3-34-18-33(11-12-38-2)29(37)25-27(39-17-19-7-5-4-6-8-19)26(36)23(16-35(25)34)28-32-15-22(40-28)13-20-9-10-21(30)14-24(20)31/h4-10,14-16H,3,11-13,17-18H2,1-2H3. The van der Waals surface area contributed by atoms with Gasteiger partial charge < -0.3 is 14.4 Å². The van der Waals surface area contributed by atoms with Crippen LogP contribution in [0, 0.1) is 11.6 Å². The monoisotopic (exact) mass is 566 g/mol. The number of hydrogen-bond acceptors (Lipinski definition) is 7. The Morgan fingerprint density at radius 2 is 1.90 bits per heavy atom. The summed E-state index contributed by atoms with van der Waals surface area (Å²) in [5.41, 5.74) is 1.10. The van der Waals surface area contributed by atoms with Gasteiger partial charge in [-0.25, -0.2) is 13.8 Å². The van der Waals surface area contributed by atoms with Gasteiger partial charge in [-0.05, 0) is 24.1 Å². The Morgan fingerprint density at radius 3 is 2.62 bits per heavy atom. The number of hydrogen-bond donors (Lipinski definition) is 0. The van der Waals surface area contributed by atoms with E-state index in [9.17, 15) is 18.4 Å². The first-order valence-corrected chi connectivity index (χ1v) is 13.6. The van der Waals surface area contributed by atoms with Crippen LogP contribution in [-0.2, 0) is 17.8 Å². The molecule has 0 fully saturated rings. The molecule has 8 nitrogen and oxygen atoms in total. The van der Waals surface area contributed by atoms with Crippen molar-refractivity contribution >= 4 is 17.2 Å². The van der Waals surface area contributed by atoms with Crippen LogP contribution in [0.5, 0.6) is 5.75 Å². The number of ether oxygens (including phenoxy) is 2. The number of amides is 1. The van der Waals surface area contributed by atoms with Gasteiger partial charge in [-0.2, -0.15) is 0 Å². The summed E-state index contributed by atoms with van der Waals surface area (Å²) in [6.45, 7) is 3.61. The lowest BCUT2D eigenvalue weighted by Crippen LogP contribution is -2.55. The fraction of sp³-hybridized carbons (Fsp3) is 0.276. The molecule has 4 aromatic rings. The zero-order valence-electron chi connectivity index (χ0n) is 22.1. The number of carbonyl (C=O) groups excluding carboxylic acids is 1. The van der Waals surface area contributed by atoms with Gasteiger partial charge in [-0.3, -0.25) is 19.3 Å². The van der Waals surface area contributed by atoms with Crippen molar-refractivity contribution in [3.05, 3.63) is 104 Å². The Bertz CT molecular complexity index is 1570. The second-order valence-corrected chi connectivity index (χ2v) is 10.4. The lowest BCUT2D eigenvalue weighted by molar-refractivity contribution is 0.0622. The van der Waals surface area contributed by atoms with E-state index in [-0.39, 0.29) is 35.9 Å². The smallest absolute Gasteiger partial charge is 0.277 e. The minimum atomic E-state index is -0.646. The summed E-state index contributed by atoms with van der Waals surface area (Å²) in [6.07, 6.45) is 3.39. The van der Waals surface area contributed by atoms with E-state index in [1.807, 2.05) is 42.3 Å². The SMILES string of the molecule is CCN1CN(CCOC)C(=O)c2c(OCc3ccccc3)c(=O)c(-c3ncc(Cc4ccc(F)cc4F)s3)cn21. The summed E-state index contributed by atoms with van der Waals surface area (Å²) in [5.74, 6) is -1.68. The lowest BCUT2D eigenvalue weighted by atomic mass is 10.1. The average molecular weight is 567 g/mol. The second-order valence-electron chi connectivity index (χ2n) is 9.24. The molecule has 0 bridgehead atoms. The Kier molecular flexibility index (Phi) is 8.22. The summed E-state index contributed by atoms with van der Waals surface area (Å²) < 4.78 is 40.5. The van der Waals surface area contributed by atoms with Gasteiger partial charge in [0.05, 0.1) is 12.2 Å². The molecule has 0 atom stereocenters. The number of nitrogens with zero attached hydrogens (tertiary/aromatic N) is 4. The predicted octanol–water partition coefficient (Wildman–Crippen LogP) is 4.44. The molecule has 0 spiro atoms. The predicted molar refractivity (Wildman–Crippen MR) is 148 cm³/mol. The molecule has 1 aliphatic rings. The van der Waals surface area contributed by atoms with Crippen LogP contribution in [0.3, 0.4) is 0 Å². The van der Waals surface area contributed by atoms with Gasteiger partial charge in [0.15, 0.2) is 11.4 Å².